The zero-order valence-corrected chi connectivity index (χ0v) is 15.1. The standard InChI is InChI=1S/C19H15BrN4O/c1-2-3-7-18(25)23-15-8-9-17-16(11-15)19(22-12-21-17)24-14-6-4-5-13(20)10-14/h4-6,8-12H,2H2,1H3,(H,23,25)(H,21,22,24). The summed E-state index contributed by atoms with van der Waals surface area (Å²) in [5, 5.41) is 6.86. The second kappa shape index (κ2) is 7.77. The maximum Gasteiger partial charge on any atom is 0.300 e. The average Bonchev–Trinajstić information content (AvgIpc) is 2.60. The van der Waals surface area contributed by atoms with E-state index in [9.17, 15) is 4.79 Å². The summed E-state index contributed by atoms with van der Waals surface area (Å²) in [6.45, 7) is 1.90. The molecule has 1 amide bonds. The zero-order valence-electron chi connectivity index (χ0n) is 13.5. The second-order valence-electron chi connectivity index (χ2n) is 5.20. The van der Waals surface area contributed by atoms with E-state index in [1.165, 1.54) is 6.33 Å². The SMILES string of the molecule is CCC#CC(=O)Nc1ccc2ncnc(Nc3cccc(Br)c3)c2c1. The van der Waals surface area contributed by atoms with Crippen LogP contribution in [0.5, 0.6) is 0 Å². The predicted molar refractivity (Wildman–Crippen MR) is 104 cm³/mol. The van der Waals surface area contributed by atoms with E-state index < -0.39 is 0 Å². The van der Waals surface area contributed by atoms with E-state index in [1.54, 1.807) is 6.07 Å². The highest BCUT2D eigenvalue weighted by molar-refractivity contribution is 9.10. The molecule has 3 aromatic rings. The monoisotopic (exact) mass is 394 g/mol. The predicted octanol–water partition coefficient (Wildman–Crippen LogP) is 4.49. The van der Waals surface area contributed by atoms with Crippen LogP contribution in [0, 0.1) is 11.8 Å². The summed E-state index contributed by atoms with van der Waals surface area (Å²) >= 11 is 3.45. The molecule has 0 radical (unpaired) electrons. The van der Waals surface area contributed by atoms with E-state index in [0.29, 0.717) is 17.9 Å². The Labute approximate surface area is 154 Å². The van der Waals surface area contributed by atoms with E-state index in [2.05, 4.69) is 48.4 Å². The molecule has 6 heteroatoms. The number of carbonyl (C=O) groups is 1. The molecule has 2 N–H and O–H groups in total. The molecule has 0 aliphatic rings. The van der Waals surface area contributed by atoms with Crippen LogP contribution >= 0.6 is 15.9 Å². The Bertz CT molecular complexity index is 991. The number of amides is 1. The van der Waals surface area contributed by atoms with Gasteiger partial charge in [-0.25, -0.2) is 9.97 Å². The van der Waals surface area contributed by atoms with Crippen molar-refractivity contribution in [1.29, 1.82) is 0 Å². The van der Waals surface area contributed by atoms with Gasteiger partial charge >= 0.3 is 0 Å². The highest BCUT2D eigenvalue weighted by Gasteiger charge is 2.07. The quantitative estimate of drug-likeness (QED) is 0.642. The van der Waals surface area contributed by atoms with Crippen molar-refractivity contribution in [2.75, 3.05) is 10.6 Å². The first-order chi connectivity index (χ1) is 12.2. The maximum absolute atomic E-state index is 11.8. The van der Waals surface area contributed by atoms with Crippen LogP contribution in [0.4, 0.5) is 17.2 Å². The molecule has 0 aliphatic heterocycles. The Morgan fingerprint density at radius 1 is 1.16 bits per heavy atom. The molecule has 3 rings (SSSR count). The minimum absolute atomic E-state index is 0.334. The third-order valence-corrected chi connectivity index (χ3v) is 3.85. The lowest BCUT2D eigenvalue weighted by Crippen LogP contribution is -2.08. The summed E-state index contributed by atoms with van der Waals surface area (Å²) in [6, 6.07) is 13.3. The lowest BCUT2D eigenvalue weighted by molar-refractivity contribution is -0.111. The molecule has 0 bridgehead atoms. The minimum Gasteiger partial charge on any atom is -0.340 e. The van der Waals surface area contributed by atoms with Gasteiger partial charge in [0, 0.05) is 27.7 Å². The van der Waals surface area contributed by atoms with Crippen molar-refractivity contribution in [2.45, 2.75) is 13.3 Å². The van der Waals surface area contributed by atoms with Crippen LogP contribution in [0.2, 0.25) is 0 Å². The highest BCUT2D eigenvalue weighted by atomic mass is 79.9. The molecule has 0 aliphatic carbocycles. The van der Waals surface area contributed by atoms with E-state index >= 15 is 0 Å². The number of benzene rings is 2. The van der Waals surface area contributed by atoms with Gasteiger partial charge in [-0.1, -0.05) is 34.8 Å². The summed E-state index contributed by atoms with van der Waals surface area (Å²) < 4.78 is 0.971. The Kier molecular flexibility index (Phi) is 5.26. The van der Waals surface area contributed by atoms with Gasteiger partial charge in [-0.05, 0) is 42.3 Å². The first-order valence-corrected chi connectivity index (χ1v) is 8.52. The number of hydrogen-bond acceptors (Lipinski definition) is 4. The molecule has 0 saturated carbocycles. The molecule has 124 valence electrons. The summed E-state index contributed by atoms with van der Waals surface area (Å²) in [5.74, 6) is 5.62. The van der Waals surface area contributed by atoms with Gasteiger partial charge in [0.25, 0.3) is 5.91 Å². The van der Waals surface area contributed by atoms with Crippen LogP contribution in [0.1, 0.15) is 13.3 Å². The number of anilines is 3. The Balaban J connectivity index is 1.93. The first-order valence-electron chi connectivity index (χ1n) is 7.73. The Morgan fingerprint density at radius 3 is 2.84 bits per heavy atom. The van der Waals surface area contributed by atoms with Crippen molar-refractivity contribution >= 4 is 49.9 Å². The number of halogens is 1. The molecule has 0 spiro atoms. The molecule has 1 aromatic heterocycles. The topological polar surface area (TPSA) is 66.9 Å². The maximum atomic E-state index is 11.8. The third-order valence-electron chi connectivity index (χ3n) is 3.36. The van der Waals surface area contributed by atoms with Gasteiger partial charge in [0.15, 0.2) is 0 Å². The van der Waals surface area contributed by atoms with Gasteiger partial charge in [0.2, 0.25) is 0 Å². The molecule has 2 aromatic carbocycles. The molecule has 0 fully saturated rings. The molecule has 0 saturated heterocycles. The number of nitrogens with zero attached hydrogens (tertiary/aromatic N) is 2. The molecule has 0 unspecified atom stereocenters. The smallest absolute Gasteiger partial charge is 0.300 e. The van der Waals surface area contributed by atoms with Crippen molar-refractivity contribution in [1.82, 2.24) is 9.97 Å². The molecule has 25 heavy (non-hydrogen) atoms. The summed E-state index contributed by atoms with van der Waals surface area (Å²) in [5.41, 5.74) is 2.33. The normalized spacial score (nSPS) is 10.0. The number of aromatic nitrogens is 2. The summed E-state index contributed by atoms with van der Waals surface area (Å²) in [7, 11) is 0. The van der Waals surface area contributed by atoms with Gasteiger partial charge in [0.05, 0.1) is 5.52 Å². The summed E-state index contributed by atoms with van der Waals surface area (Å²) in [6.07, 6.45) is 2.15. The lowest BCUT2D eigenvalue weighted by Gasteiger charge is -2.10. The molecule has 0 atom stereocenters. The van der Waals surface area contributed by atoms with Crippen LogP contribution in [0.3, 0.4) is 0 Å². The van der Waals surface area contributed by atoms with Crippen molar-refractivity contribution in [3.8, 4) is 11.8 Å². The molecular weight excluding hydrogens is 380 g/mol. The van der Waals surface area contributed by atoms with Gasteiger partial charge in [-0.2, -0.15) is 0 Å². The van der Waals surface area contributed by atoms with Gasteiger partial charge in [-0.15, -0.1) is 0 Å². The number of nitrogens with one attached hydrogen (secondary N) is 2. The van der Waals surface area contributed by atoms with E-state index in [0.717, 1.165) is 21.1 Å². The van der Waals surface area contributed by atoms with Crippen molar-refractivity contribution in [3.63, 3.8) is 0 Å². The van der Waals surface area contributed by atoms with Crippen LogP contribution < -0.4 is 10.6 Å². The van der Waals surface area contributed by atoms with Crippen LogP contribution in [0.25, 0.3) is 10.9 Å². The highest BCUT2D eigenvalue weighted by Crippen LogP contribution is 2.26. The number of fused-ring (bicyclic) bond motifs is 1. The molecular formula is C19H15BrN4O. The van der Waals surface area contributed by atoms with Crippen molar-refractivity contribution in [3.05, 3.63) is 53.3 Å². The fourth-order valence-electron chi connectivity index (χ4n) is 2.27. The average molecular weight is 395 g/mol. The number of carbonyl (C=O) groups excluding carboxylic acids is 1. The third kappa shape index (κ3) is 4.34. The zero-order chi connectivity index (χ0) is 17.6. The van der Waals surface area contributed by atoms with Crippen molar-refractivity contribution < 1.29 is 4.79 Å². The van der Waals surface area contributed by atoms with Crippen LogP contribution in [-0.4, -0.2) is 15.9 Å². The number of rotatable bonds is 3. The Hall–Kier alpha value is -2.91. The lowest BCUT2D eigenvalue weighted by atomic mass is 10.2. The first kappa shape index (κ1) is 16.9. The fraction of sp³-hybridized carbons (Fsp3) is 0.105. The second-order valence-corrected chi connectivity index (χ2v) is 6.11. The van der Waals surface area contributed by atoms with Gasteiger partial charge < -0.3 is 10.6 Å². The minimum atomic E-state index is -0.334. The summed E-state index contributed by atoms with van der Waals surface area (Å²) in [4.78, 5) is 20.4. The molecule has 5 nitrogen and oxygen atoms in total. The fourth-order valence-corrected chi connectivity index (χ4v) is 2.67. The van der Waals surface area contributed by atoms with Gasteiger partial charge in [0.1, 0.15) is 12.1 Å². The van der Waals surface area contributed by atoms with E-state index in [4.69, 9.17) is 0 Å². The van der Waals surface area contributed by atoms with Crippen molar-refractivity contribution in [2.24, 2.45) is 0 Å². The molecule has 1 heterocycles. The van der Waals surface area contributed by atoms with Crippen LogP contribution in [0.15, 0.2) is 53.3 Å². The number of hydrogen-bond donors (Lipinski definition) is 2. The van der Waals surface area contributed by atoms with E-state index in [-0.39, 0.29) is 5.91 Å². The largest absolute Gasteiger partial charge is 0.340 e. The van der Waals surface area contributed by atoms with Gasteiger partial charge in [-0.3, -0.25) is 4.79 Å². The van der Waals surface area contributed by atoms with E-state index in [1.807, 2.05) is 43.3 Å². The Morgan fingerprint density at radius 2 is 2.04 bits per heavy atom. The van der Waals surface area contributed by atoms with Crippen LogP contribution in [-0.2, 0) is 4.79 Å².